The zero-order valence-corrected chi connectivity index (χ0v) is 8.32. The third kappa shape index (κ3) is 2.49. The lowest BCUT2D eigenvalue weighted by Gasteiger charge is -2.19. The van der Waals surface area contributed by atoms with Gasteiger partial charge in [0.05, 0.1) is 13.1 Å². The second kappa shape index (κ2) is 4.66. The fourth-order valence-electron chi connectivity index (χ4n) is 1.38. The number of likely N-dealkylation sites (N-methyl/N-ethyl adjacent to an activating group) is 1. The molecule has 76 valence electrons. The highest BCUT2D eigenvalue weighted by Gasteiger charge is 2.23. The molecule has 0 bridgehead atoms. The first-order valence-electron chi connectivity index (χ1n) is 4.60. The van der Waals surface area contributed by atoms with Gasteiger partial charge in [0, 0.05) is 20.0 Å². The average molecular weight is 194 g/mol. The SMILES string of the molecule is C#CCN(C)C(=O)CN1CCCC1=O. The molecular weight excluding hydrogens is 180 g/mol. The van der Waals surface area contributed by atoms with E-state index in [-0.39, 0.29) is 18.4 Å². The molecule has 1 rings (SSSR count). The molecule has 0 unspecified atom stereocenters. The summed E-state index contributed by atoms with van der Waals surface area (Å²) in [5, 5.41) is 0. The molecule has 1 aliphatic heterocycles. The molecule has 0 aromatic heterocycles. The predicted molar refractivity (Wildman–Crippen MR) is 52.3 cm³/mol. The molecule has 0 N–H and O–H groups in total. The van der Waals surface area contributed by atoms with Crippen molar-refractivity contribution in [1.29, 1.82) is 0 Å². The van der Waals surface area contributed by atoms with E-state index in [1.165, 1.54) is 4.90 Å². The smallest absolute Gasteiger partial charge is 0.242 e. The Kier molecular flexibility index (Phi) is 3.52. The van der Waals surface area contributed by atoms with Gasteiger partial charge in [-0.3, -0.25) is 9.59 Å². The molecule has 0 atom stereocenters. The summed E-state index contributed by atoms with van der Waals surface area (Å²) >= 11 is 0. The van der Waals surface area contributed by atoms with Crippen LogP contribution in [0.5, 0.6) is 0 Å². The Balaban J connectivity index is 2.40. The van der Waals surface area contributed by atoms with Crippen LogP contribution in [0.1, 0.15) is 12.8 Å². The zero-order valence-electron chi connectivity index (χ0n) is 8.32. The molecule has 0 aromatic rings. The number of hydrogen-bond acceptors (Lipinski definition) is 2. The number of carbonyl (C=O) groups is 2. The minimum atomic E-state index is -0.0989. The maximum absolute atomic E-state index is 11.5. The van der Waals surface area contributed by atoms with Crippen LogP contribution in [0.4, 0.5) is 0 Å². The first-order chi connectivity index (χ1) is 6.65. The van der Waals surface area contributed by atoms with Crippen LogP contribution in [0.15, 0.2) is 0 Å². The van der Waals surface area contributed by atoms with E-state index in [2.05, 4.69) is 5.92 Å². The summed E-state index contributed by atoms with van der Waals surface area (Å²) in [6.07, 6.45) is 6.49. The number of nitrogens with zero attached hydrogens (tertiary/aromatic N) is 2. The number of terminal acetylenes is 1. The standard InChI is InChI=1S/C10H14N2O2/c1-3-6-11(2)10(14)8-12-7-4-5-9(12)13/h1H,4-8H2,2H3. The maximum Gasteiger partial charge on any atom is 0.242 e. The summed E-state index contributed by atoms with van der Waals surface area (Å²) in [6.45, 7) is 1.15. The van der Waals surface area contributed by atoms with Gasteiger partial charge >= 0.3 is 0 Å². The van der Waals surface area contributed by atoms with E-state index in [1.807, 2.05) is 0 Å². The molecule has 0 saturated carbocycles. The van der Waals surface area contributed by atoms with E-state index in [4.69, 9.17) is 6.42 Å². The van der Waals surface area contributed by atoms with E-state index < -0.39 is 0 Å². The monoisotopic (exact) mass is 194 g/mol. The largest absolute Gasteiger partial charge is 0.333 e. The van der Waals surface area contributed by atoms with Gasteiger partial charge in [0.25, 0.3) is 0 Å². The highest BCUT2D eigenvalue weighted by molar-refractivity contribution is 5.85. The third-order valence-electron chi connectivity index (χ3n) is 2.25. The highest BCUT2D eigenvalue weighted by atomic mass is 16.2. The topological polar surface area (TPSA) is 40.6 Å². The van der Waals surface area contributed by atoms with Crippen LogP contribution in [-0.2, 0) is 9.59 Å². The Morgan fingerprint density at radius 2 is 2.43 bits per heavy atom. The molecule has 4 heteroatoms. The van der Waals surface area contributed by atoms with Crippen molar-refractivity contribution in [2.45, 2.75) is 12.8 Å². The van der Waals surface area contributed by atoms with Crippen molar-refractivity contribution < 1.29 is 9.59 Å². The second-order valence-corrected chi connectivity index (χ2v) is 3.37. The summed E-state index contributed by atoms with van der Waals surface area (Å²) in [7, 11) is 1.64. The van der Waals surface area contributed by atoms with Gasteiger partial charge < -0.3 is 9.80 Å². The van der Waals surface area contributed by atoms with Crippen molar-refractivity contribution >= 4 is 11.8 Å². The van der Waals surface area contributed by atoms with E-state index in [1.54, 1.807) is 11.9 Å². The van der Waals surface area contributed by atoms with Crippen molar-refractivity contribution in [1.82, 2.24) is 9.80 Å². The maximum atomic E-state index is 11.5. The molecule has 1 saturated heterocycles. The van der Waals surface area contributed by atoms with Gasteiger partial charge in [-0.25, -0.2) is 0 Å². The normalized spacial score (nSPS) is 15.4. The molecule has 1 heterocycles. The number of hydrogen-bond donors (Lipinski definition) is 0. The third-order valence-corrected chi connectivity index (χ3v) is 2.25. The first kappa shape index (κ1) is 10.6. The predicted octanol–water partition coefficient (Wildman–Crippen LogP) is -0.300. The summed E-state index contributed by atoms with van der Waals surface area (Å²) in [5.41, 5.74) is 0. The molecule has 0 spiro atoms. The lowest BCUT2D eigenvalue weighted by molar-refractivity contribution is -0.137. The molecule has 1 fully saturated rings. The minimum absolute atomic E-state index is 0.0625. The molecule has 4 nitrogen and oxygen atoms in total. The van der Waals surface area contributed by atoms with Crippen molar-refractivity contribution in [3.05, 3.63) is 0 Å². The van der Waals surface area contributed by atoms with E-state index in [0.29, 0.717) is 19.5 Å². The Morgan fingerprint density at radius 3 is 2.93 bits per heavy atom. The molecular formula is C10H14N2O2. The van der Waals surface area contributed by atoms with Gasteiger partial charge in [-0.05, 0) is 6.42 Å². The first-order valence-corrected chi connectivity index (χ1v) is 4.60. The van der Waals surface area contributed by atoms with Gasteiger partial charge in [-0.15, -0.1) is 6.42 Å². The van der Waals surface area contributed by atoms with Gasteiger partial charge in [0.1, 0.15) is 0 Å². The molecule has 1 aliphatic rings. The number of carbonyl (C=O) groups excluding carboxylic acids is 2. The van der Waals surface area contributed by atoms with Crippen LogP contribution in [0.2, 0.25) is 0 Å². The fraction of sp³-hybridized carbons (Fsp3) is 0.600. The van der Waals surface area contributed by atoms with Gasteiger partial charge in [0.15, 0.2) is 0 Å². The van der Waals surface area contributed by atoms with Crippen LogP contribution in [-0.4, -0.2) is 48.3 Å². The number of amides is 2. The van der Waals surface area contributed by atoms with E-state index in [0.717, 1.165) is 6.42 Å². The highest BCUT2D eigenvalue weighted by Crippen LogP contribution is 2.08. The second-order valence-electron chi connectivity index (χ2n) is 3.37. The molecule has 0 aromatic carbocycles. The Hall–Kier alpha value is -1.50. The quantitative estimate of drug-likeness (QED) is 0.579. The summed E-state index contributed by atoms with van der Waals surface area (Å²) in [5.74, 6) is 2.35. The fourth-order valence-corrected chi connectivity index (χ4v) is 1.38. The molecule has 0 radical (unpaired) electrons. The van der Waals surface area contributed by atoms with Crippen molar-refractivity contribution in [3.63, 3.8) is 0 Å². The van der Waals surface area contributed by atoms with Gasteiger partial charge in [-0.2, -0.15) is 0 Å². The summed E-state index contributed by atoms with van der Waals surface area (Å²) in [6, 6.07) is 0. The molecule has 0 aliphatic carbocycles. The Bertz CT molecular complexity index is 280. The lowest BCUT2D eigenvalue weighted by atomic mass is 10.4. The van der Waals surface area contributed by atoms with Crippen LogP contribution in [0.25, 0.3) is 0 Å². The van der Waals surface area contributed by atoms with E-state index in [9.17, 15) is 9.59 Å². The van der Waals surface area contributed by atoms with Crippen molar-refractivity contribution in [3.8, 4) is 12.3 Å². The van der Waals surface area contributed by atoms with Crippen LogP contribution >= 0.6 is 0 Å². The zero-order chi connectivity index (χ0) is 10.6. The summed E-state index contributed by atoms with van der Waals surface area (Å²) in [4.78, 5) is 25.7. The Morgan fingerprint density at radius 1 is 1.71 bits per heavy atom. The Labute approximate surface area is 83.9 Å². The van der Waals surface area contributed by atoms with E-state index >= 15 is 0 Å². The van der Waals surface area contributed by atoms with Crippen LogP contribution in [0, 0.1) is 12.3 Å². The molecule has 2 amide bonds. The lowest BCUT2D eigenvalue weighted by Crippen LogP contribution is -2.39. The van der Waals surface area contributed by atoms with Crippen LogP contribution < -0.4 is 0 Å². The van der Waals surface area contributed by atoms with Crippen molar-refractivity contribution in [2.24, 2.45) is 0 Å². The van der Waals surface area contributed by atoms with Crippen molar-refractivity contribution in [2.75, 3.05) is 26.7 Å². The van der Waals surface area contributed by atoms with Gasteiger partial charge in [0.2, 0.25) is 11.8 Å². The van der Waals surface area contributed by atoms with Crippen LogP contribution in [0.3, 0.4) is 0 Å². The minimum Gasteiger partial charge on any atom is -0.333 e. The van der Waals surface area contributed by atoms with Gasteiger partial charge in [-0.1, -0.05) is 5.92 Å². The summed E-state index contributed by atoms with van der Waals surface area (Å²) < 4.78 is 0. The molecule has 14 heavy (non-hydrogen) atoms. The number of rotatable bonds is 3. The average Bonchev–Trinajstić information content (AvgIpc) is 2.52. The number of likely N-dealkylation sites (tertiary alicyclic amines) is 1.